The average molecular weight is 219 g/mol. The Bertz CT molecular complexity index is 333. The fraction of sp³-hybridized carbons (Fsp3) is 0.250. The Morgan fingerprint density at radius 3 is 2.93 bits per heavy atom. The zero-order chi connectivity index (χ0) is 10.6. The maximum atomic E-state index is 11.8. The topological polar surface area (TPSA) is 50.2 Å². The zero-order valence-corrected chi connectivity index (χ0v) is 7.80. The number of nitrogens with zero attached hydrogens (tertiary/aromatic N) is 1. The third-order valence-corrected chi connectivity index (χ3v) is 2.33. The first-order valence-electron chi connectivity index (χ1n) is 3.70. The number of pyridine rings is 1. The molecule has 0 bridgehead atoms. The second-order valence-corrected chi connectivity index (χ2v) is 3.48. The molecule has 3 nitrogen and oxygen atoms in total. The lowest BCUT2D eigenvalue weighted by atomic mass is 10.3. The van der Waals surface area contributed by atoms with Crippen LogP contribution in [0.25, 0.3) is 0 Å². The van der Waals surface area contributed by atoms with Gasteiger partial charge in [0.1, 0.15) is 5.69 Å². The largest absolute Gasteiger partial charge is 0.477 e. The molecular weight excluding hydrogens is 212 g/mol. The Labute approximate surface area is 83.2 Å². The lowest BCUT2D eigenvalue weighted by Gasteiger charge is -2.00. The maximum absolute atomic E-state index is 11.8. The number of carboxylic acid groups (broad SMARTS) is 1. The van der Waals surface area contributed by atoms with Crippen LogP contribution in [0.3, 0.4) is 0 Å². The van der Waals surface area contributed by atoms with Crippen molar-refractivity contribution in [3.63, 3.8) is 0 Å². The van der Waals surface area contributed by atoms with Crippen LogP contribution in [0.1, 0.15) is 10.5 Å². The highest BCUT2D eigenvalue weighted by Gasteiger charge is 2.07. The Hall–Kier alpha value is -1.17. The molecule has 0 aliphatic heterocycles. The van der Waals surface area contributed by atoms with Gasteiger partial charge in [0.05, 0.1) is 5.75 Å². The highest BCUT2D eigenvalue weighted by Crippen LogP contribution is 2.20. The first-order chi connectivity index (χ1) is 6.59. The van der Waals surface area contributed by atoms with Crippen molar-refractivity contribution in [1.29, 1.82) is 0 Å². The third kappa shape index (κ3) is 3.29. The van der Waals surface area contributed by atoms with Crippen molar-refractivity contribution in [3.8, 4) is 0 Å². The number of hydrogen-bond donors (Lipinski definition) is 1. The van der Waals surface area contributed by atoms with Crippen LogP contribution >= 0.6 is 11.8 Å². The summed E-state index contributed by atoms with van der Waals surface area (Å²) in [4.78, 5) is 14.5. The maximum Gasteiger partial charge on any atom is 0.354 e. The number of carbonyl (C=O) groups is 1. The molecule has 76 valence electrons. The van der Waals surface area contributed by atoms with E-state index in [4.69, 9.17) is 5.11 Å². The summed E-state index contributed by atoms with van der Waals surface area (Å²) in [7, 11) is 0. The van der Waals surface area contributed by atoms with Gasteiger partial charge in [-0.15, -0.1) is 11.8 Å². The predicted molar refractivity (Wildman–Crippen MR) is 47.9 cm³/mol. The van der Waals surface area contributed by atoms with Crippen LogP contribution in [0.15, 0.2) is 23.2 Å². The molecule has 0 spiro atoms. The Balaban J connectivity index is 2.69. The molecule has 0 aliphatic carbocycles. The van der Waals surface area contributed by atoms with E-state index in [9.17, 15) is 13.6 Å². The Kier molecular flexibility index (Phi) is 3.82. The van der Waals surface area contributed by atoms with E-state index in [0.717, 1.165) is 11.8 Å². The number of rotatable bonds is 4. The molecule has 0 radical (unpaired) electrons. The van der Waals surface area contributed by atoms with E-state index in [-0.39, 0.29) is 11.4 Å². The van der Waals surface area contributed by atoms with Crippen molar-refractivity contribution in [2.24, 2.45) is 0 Å². The number of aromatic nitrogens is 1. The van der Waals surface area contributed by atoms with E-state index in [2.05, 4.69) is 4.98 Å². The molecule has 0 aliphatic rings. The van der Waals surface area contributed by atoms with Crippen LogP contribution in [-0.4, -0.2) is 28.2 Å². The van der Waals surface area contributed by atoms with Gasteiger partial charge in [0.2, 0.25) is 6.43 Å². The number of alkyl halides is 2. The summed E-state index contributed by atoms with van der Waals surface area (Å²) in [6, 6.07) is 2.77. The summed E-state index contributed by atoms with van der Waals surface area (Å²) >= 11 is 0.907. The molecule has 0 aromatic carbocycles. The SMILES string of the molecule is O=C(O)c1cc(SCC(F)F)ccn1. The molecule has 14 heavy (non-hydrogen) atoms. The van der Waals surface area contributed by atoms with E-state index in [1.165, 1.54) is 18.3 Å². The minimum Gasteiger partial charge on any atom is -0.477 e. The second-order valence-electron chi connectivity index (χ2n) is 2.38. The van der Waals surface area contributed by atoms with Crippen molar-refractivity contribution in [2.45, 2.75) is 11.3 Å². The smallest absolute Gasteiger partial charge is 0.354 e. The van der Waals surface area contributed by atoms with Gasteiger partial charge in [0.15, 0.2) is 0 Å². The van der Waals surface area contributed by atoms with Crippen molar-refractivity contribution >= 4 is 17.7 Å². The van der Waals surface area contributed by atoms with Gasteiger partial charge in [0.25, 0.3) is 0 Å². The van der Waals surface area contributed by atoms with Crippen molar-refractivity contribution in [1.82, 2.24) is 4.98 Å². The highest BCUT2D eigenvalue weighted by atomic mass is 32.2. The number of aromatic carboxylic acids is 1. The third-order valence-electron chi connectivity index (χ3n) is 1.33. The summed E-state index contributed by atoms with van der Waals surface area (Å²) < 4.78 is 23.7. The molecule has 1 heterocycles. The van der Waals surface area contributed by atoms with Gasteiger partial charge >= 0.3 is 5.97 Å². The molecular formula is C8H7F2NO2S. The Morgan fingerprint density at radius 2 is 2.36 bits per heavy atom. The molecule has 0 saturated carbocycles. The molecule has 1 N–H and O–H groups in total. The lowest BCUT2D eigenvalue weighted by molar-refractivity contribution is 0.0690. The molecule has 1 rings (SSSR count). The van der Waals surface area contributed by atoms with E-state index in [1.807, 2.05) is 0 Å². The number of hydrogen-bond acceptors (Lipinski definition) is 3. The monoisotopic (exact) mass is 219 g/mol. The first kappa shape index (κ1) is 10.9. The minimum absolute atomic E-state index is 0.135. The summed E-state index contributed by atoms with van der Waals surface area (Å²) in [5, 5.41) is 8.57. The molecule has 1 aromatic heterocycles. The van der Waals surface area contributed by atoms with Crippen LogP contribution in [0.4, 0.5) is 8.78 Å². The zero-order valence-electron chi connectivity index (χ0n) is 6.98. The summed E-state index contributed by atoms with van der Waals surface area (Å²) in [5.74, 6) is -1.51. The molecule has 0 amide bonds. The normalized spacial score (nSPS) is 10.5. The van der Waals surface area contributed by atoms with E-state index >= 15 is 0 Å². The van der Waals surface area contributed by atoms with Crippen LogP contribution in [0, 0.1) is 0 Å². The van der Waals surface area contributed by atoms with Gasteiger partial charge in [-0.25, -0.2) is 18.6 Å². The summed E-state index contributed by atoms with van der Waals surface area (Å²) in [6.45, 7) is 0. The minimum atomic E-state index is -2.40. The van der Waals surface area contributed by atoms with Crippen LogP contribution in [0.5, 0.6) is 0 Å². The highest BCUT2D eigenvalue weighted by molar-refractivity contribution is 7.99. The Morgan fingerprint density at radius 1 is 1.64 bits per heavy atom. The fourth-order valence-electron chi connectivity index (χ4n) is 0.777. The summed E-state index contributed by atoms with van der Waals surface area (Å²) in [6.07, 6.45) is -1.11. The summed E-state index contributed by atoms with van der Waals surface area (Å²) in [5.41, 5.74) is -0.135. The molecule has 0 saturated heterocycles. The molecule has 1 aromatic rings. The number of carboxylic acids is 1. The number of halogens is 2. The van der Waals surface area contributed by atoms with Gasteiger partial charge in [-0.2, -0.15) is 0 Å². The van der Waals surface area contributed by atoms with Crippen LogP contribution in [-0.2, 0) is 0 Å². The van der Waals surface area contributed by atoms with E-state index in [0.29, 0.717) is 4.90 Å². The van der Waals surface area contributed by atoms with Gasteiger partial charge in [-0.1, -0.05) is 0 Å². The first-order valence-corrected chi connectivity index (χ1v) is 4.68. The standard InChI is InChI=1S/C8H7F2NO2S/c9-7(10)4-14-5-1-2-11-6(3-5)8(12)13/h1-3,7H,4H2,(H,12,13). The van der Waals surface area contributed by atoms with Crippen molar-refractivity contribution in [3.05, 3.63) is 24.0 Å². The van der Waals surface area contributed by atoms with Crippen LogP contribution < -0.4 is 0 Å². The molecule has 0 atom stereocenters. The second kappa shape index (κ2) is 4.90. The van der Waals surface area contributed by atoms with Gasteiger partial charge in [-0.3, -0.25) is 0 Å². The fourth-order valence-corrected chi connectivity index (χ4v) is 1.45. The van der Waals surface area contributed by atoms with E-state index < -0.39 is 12.4 Å². The predicted octanol–water partition coefficient (Wildman–Crippen LogP) is 2.14. The quantitative estimate of drug-likeness (QED) is 0.788. The van der Waals surface area contributed by atoms with Gasteiger partial charge < -0.3 is 5.11 Å². The van der Waals surface area contributed by atoms with Crippen LogP contribution in [0.2, 0.25) is 0 Å². The van der Waals surface area contributed by atoms with Crippen molar-refractivity contribution < 1.29 is 18.7 Å². The number of thioether (sulfide) groups is 1. The molecule has 0 fully saturated rings. The molecule has 0 unspecified atom stereocenters. The van der Waals surface area contributed by atoms with E-state index in [1.54, 1.807) is 0 Å². The van der Waals surface area contributed by atoms with Gasteiger partial charge in [-0.05, 0) is 12.1 Å². The average Bonchev–Trinajstić information content (AvgIpc) is 2.15. The van der Waals surface area contributed by atoms with Gasteiger partial charge in [0, 0.05) is 11.1 Å². The lowest BCUT2D eigenvalue weighted by Crippen LogP contribution is -2.00. The van der Waals surface area contributed by atoms with Crippen molar-refractivity contribution in [2.75, 3.05) is 5.75 Å². The molecule has 6 heteroatoms.